The lowest BCUT2D eigenvalue weighted by molar-refractivity contribution is -0.0230. The summed E-state index contributed by atoms with van der Waals surface area (Å²) >= 11 is 0. The van der Waals surface area contributed by atoms with Gasteiger partial charge in [0.15, 0.2) is 0 Å². The van der Waals surface area contributed by atoms with E-state index >= 15 is 0 Å². The molecule has 1 heterocycles. The molecule has 1 unspecified atom stereocenters. The zero-order chi connectivity index (χ0) is 20.7. The van der Waals surface area contributed by atoms with Gasteiger partial charge in [-0.15, -0.1) is 0 Å². The van der Waals surface area contributed by atoms with E-state index in [1.54, 1.807) is 0 Å². The van der Waals surface area contributed by atoms with Gasteiger partial charge >= 0.3 is 0 Å². The maximum atomic E-state index is 6.68. The van der Waals surface area contributed by atoms with Gasteiger partial charge in [-0.1, -0.05) is 113 Å². The SMILES string of the molecule is C=C1C(c2ccccc2)=C(c2ccccc2)C(C)(C)OC1CCCCCCCC. The van der Waals surface area contributed by atoms with E-state index < -0.39 is 0 Å². The highest BCUT2D eigenvalue weighted by molar-refractivity contribution is 6.02. The zero-order valence-corrected chi connectivity index (χ0v) is 18.4. The lowest BCUT2D eigenvalue weighted by Crippen LogP contribution is -2.38. The summed E-state index contributed by atoms with van der Waals surface area (Å²) in [6.07, 6.45) is 8.93. The molecule has 1 heteroatoms. The van der Waals surface area contributed by atoms with E-state index in [-0.39, 0.29) is 11.7 Å². The second-order valence-electron chi connectivity index (χ2n) is 8.68. The number of rotatable bonds is 9. The van der Waals surface area contributed by atoms with Crippen LogP contribution in [0.2, 0.25) is 0 Å². The molecule has 0 saturated heterocycles. The Balaban J connectivity index is 1.90. The summed E-state index contributed by atoms with van der Waals surface area (Å²) < 4.78 is 6.68. The van der Waals surface area contributed by atoms with Crippen LogP contribution in [0, 0.1) is 0 Å². The first-order valence-corrected chi connectivity index (χ1v) is 11.3. The van der Waals surface area contributed by atoms with Gasteiger partial charge in [0.05, 0.1) is 11.7 Å². The quantitative estimate of drug-likeness (QED) is 0.394. The molecule has 0 aromatic heterocycles. The third kappa shape index (κ3) is 5.28. The van der Waals surface area contributed by atoms with Crippen molar-refractivity contribution in [2.24, 2.45) is 0 Å². The van der Waals surface area contributed by atoms with Gasteiger partial charge < -0.3 is 4.74 Å². The molecule has 2 aromatic rings. The van der Waals surface area contributed by atoms with Crippen LogP contribution in [-0.4, -0.2) is 11.7 Å². The van der Waals surface area contributed by atoms with E-state index in [0.717, 1.165) is 12.0 Å². The molecule has 0 saturated carbocycles. The predicted octanol–water partition coefficient (Wildman–Crippen LogP) is 8.08. The number of ether oxygens (including phenoxy) is 1. The van der Waals surface area contributed by atoms with Gasteiger partial charge in [-0.05, 0) is 48.1 Å². The Labute approximate surface area is 177 Å². The second-order valence-corrected chi connectivity index (χ2v) is 8.68. The maximum Gasteiger partial charge on any atom is 0.0895 e. The van der Waals surface area contributed by atoms with Gasteiger partial charge in [0.25, 0.3) is 0 Å². The van der Waals surface area contributed by atoms with Gasteiger partial charge in [0.2, 0.25) is 0 Å². The Bertz CT molecular complexity index is 814. The minimum atomic E-state index is -0.361. The van der Waals surface area contributed by atoms with E-state index in [1.165, 1.54) is 60.8 Å². The van der Waals surface area contributed by atoms with Crippen molar-refractivity contribution < 1.29 is 4.74 Å². The van der Waals surface area contributed by atoms with Gasteiger partial charge in [0, 0.05) is 0 Å². The van der Waals surface area contributed by atoms with Crippen LogP contribution < -0.4 is 0 Å². The molecule has 0 aliphatic carbocycles. The molecular weight excluding hydrogens is 352 g/mol. The van der Waals surface area contributed by atoms with Crippen LogP contribution >= 0.6 is 0 Å². The van der Waals surface area contributed by atoms with Crippen molar-refractivity contribution in [2.75, 3.05) is 0 Å². The molecule has 2 aromatic carbocycles. The van der Waals surface area contributed by atoms with Crippen molar-refractivity contribution in [3.05, 3.63) is 83.9 Å². The second kappa shape index (κ2) is 10.1. The fraction of sp³-hybridized carbons (Fsp3) is 0.429. The molecule has 1 atom stereocenters. The van der Waals surface area contributed by atoms with Crippen molar-refractivity contribution in [1.29, 1.82) is 0 Å². The van der Waals surface area contributed by atoms with E-state index in [4.69, 9.17) is 4.74 Å². The molecule has 29 heavy (non-hydrogen) atoms. The third-order valence-electron chi connectivity index (χ3n) is 5.94. The van der Waals surface area contributed by atoms with Gasteiger partial charge in [-0.25, -0.2) is 0 Å². The molecule has 3 rings (SSSR count). The Morgan fingerprint density at radius 3 is 1.97 bits per heavy atom. The number of hydrogen-bond donors (Lipinski definition) is 0. The van der Waals surface area contributed by atoms with Crippen LogP contribution in [0.1, 0.15) is 76.8 Å². The first kappa shape index (κ1) is 21.6. The van der Waals surface area contributed by atoms with Crippen molar-refractivity contribution in [3.8, 4) is 0 Å². The fourth-order valence-corrected chi connectivity index (χ4v) is 4.48. The Morgan fingerprint density at radius 1 is 0.793 bits per heavy atom. The van der Waals surface area contributed by atoms with Gasteiger partial charge in [-0.3, -0.25) is 0 Å². The summed E-state index contributed by atoms with van der Waals surface area (Å²) in [5.74, 6) is 0. The summed E-state index contributed by atoms with van der Waals surface area (Å²) in [5.41, 5.74) is 5.73. The lowest BCUT2D eigenvalue weighted by Gasteiger charge is -2.42. The summed E-state index contributed by atoms with van der Waals surface area (Å²) in [4.78, 5) is 0. The van der Waals surface area contributed by atoms with Crippen molar-refractivity contribution in [3.63, 3.8) is 0 Å². The van der Waals surface area contributed by atoms with E-state index in [1.807, 2.05) is 0 Å². The van der Waals surface area contributed by atoms with Gasteiger partial charge in [-0.2, -0.15) is 0 Å². The fourth-order valence-electron chi connectivity index (χ4n) is 4.48. The molecule has 0 spiro atoms. The third-order valence-corrected chi connectivity index (χ3v) is 5.94. The van der Waals surface area contributed by atoms with Crippen LogP contribution in [0.5, 0.6) is 0 Å². The van der Waals surface area contributed by atoms with Crippen molar-refractivity contribution in [2.45, 2.75) is 77.4 Å². The smallest absolute Gasteiger partial charge is 0.0895 e. The molecular formula is C28H36O. The normalized spacial score (nSPS) is 18.9. The molecule has 0 fully saturated rings. The summed E-state index contributed by atoms with van der Waals surface area (Å²) in [5, 5.41) is 0. The van der Waals surface area contributed by atoms with Crippen molar-refractivity contribution in [1.82, 2.24) is 0 Å². The summed E-state index contributed by atoms with van der Waals surface area (Å²) in [7, 11) is 0. The molecule has 1 aliphatic heterocycles. The van der Waals surface area contributed by atoms with E-state index in [9.17, 15) is 0 Å². The largest absolute Gasteiger partial charge is 0.363 e. The molecule has 0 N–H and O–H groups in total. The van der Waals surface area contributed by atoms with E-state index in [0.29, 0.717) is 0 Å². The molecule has 1 nitrogen and oxygen atoms in total. The van der Waals surface area contributed by atoms with Crippen LogP contribution in [-0.2, 0) is 4.74 Å². The van der Waals surface area contributed by atoms with Crippen LogP contribution in [0.15, 0.2) is 72.8 Å². The topological polar surface area (TPSA) is 9.23 Å². The Kier molecular flexibility index (Phi) is 7.50. The van der Waals surface area contributed by atoms with E-state index in [2.05, 4.69) is 88.0 Å². The number of unbranched alkanes of at least 4 members (excludes halogenated alkanes) is 5. The first-order chi connectivity index (χ1) is 14.0. The summed E-state index contributed by atoms with van der Waals surface area (Å²) in [6, 6.07) is 21.4. The average Bonchev–Trinajstić information content (AvgIpc) is 2.73. The number of hydrogen-bond acceptors (Lipinski definition) is 1. The molecule has 1 aliphatic rings. The standard InChI is InChI=1S/C28H36O/c1-5-6-7-8-9-16-21-25-22(2)26(23-17-12-10-13-18-23)27(28(3,4)29-25)24-19-14-11-15-20-24/h10-15,17-20,25H,2,5-9,16,21H2,1,3-4H3. The predicted molar refractivity (Wildman–Crippen MR) is 126 cm³/mol. The van der Waals surface area contributed by atoms with Crippen molar-refractivity contribution >= 4 is 11.1 Å². The molecule has 0 radical (unpaired) electrons. The molecule has 0 bridgehead atoms. The monoisotopic (exact) mass is 388 g/mol. The maximum absolute atomic E-state index is 6.68. The summed E-state index contributed by atoms with van der Waals surface area (Å²) in [6.45, 7) is 11.2. The highest BCUT2D eigenvalue weighted by Gasteiger charge is 2.38. The Morgan fingerprint density at radius 2 is 1.34 bits per heavy atom. The van der Waals surface area contributed by atoms with Gasteiger partial charge in [0.1, 0.15) is 0 Å². The average molecular weight is 389 g/mol. The van der Waals surface area contributed by atoms with Crippen LogP contribution in [0.25, 0.3) is 11.1 Å². The highest BCUT2D eigenvalue weighted by atomic mass is 16.5. The van der Waals surface area contributed by atoms with Crippen LogP contribution in [0.4, 0.5) is 0 Å². The zero-order valence-electron chi connectivity index (χ0n) is 18.4. The number of benzene rings is 2. The minimum Gasteiger partial charge on any atom is -0.363 e. The highest BCUT2D eigenvalue weighted by Crippen LogP contribution is 2.47. The molecule has 0 amide bonds. The molecule has 154 valence electrons. The van der Waals surface area contributed by atoms with Crippen LogP contribution in [0.3, 0.4) is 0 Å². The Hall–Kier alpha value is -2.12. The lowest BCUT2D eigenvalue weighted by atomic mass is 9.77. The first-order valence-electron chi connectivity index (χ1n) is 11.3. The minimum absolute atomic E-state index is 0.0823.